The van der Waals surface area contributed by atoms with E-state index in [2.05, 4.69) is 46.4 Å². The van der Waals surface area contributed by atoms with Gasteiger partial charge in [-0.15, -0.1) is 0 Å². The van der Waals surface area contributed by atoms with Gasteiger partial charge in [-0.1, -0.05) is 43.6 Å². The highest BCUT2D eigenvalue weighted by molar-refractivity contribution is 6.29. The van der Waals surface area contributed by atoms with Crippen molar-refractivity contribution >= 4 is 34.0 Å². The molecule has 0 aliphatic rings. The van der Waals surface area contributed by atoms with Crippen molar-refractivity contribution in [1.29, 1.82) is 0 Å². The molecular weight excluding hydrogens is 334 g/mol. The minimum Gasteiger partial charge on any atom is -0.366 e. The van der Waals surface area contributed by atoms with Gasteiger partial charge in [0.25, 0.3) is 0 Å². The predicted molar refractivity (Wildman–Crippen MR) is 101 cm³/mol. The Hall–Kier alpha value is -2.66. The Bertz CT molecular complexity index is 1050. The van der Waals surface area contributed by atoms with Crippen molar-refractivity contribution in [2.75, 3.05) is 5.32 Å². The van der Waals surface area contributed by atoms with Crippen LogP contribution in [-0.4, -0.2) is 19.6 Å². The van der Waals surface area contributed by atoms with Crippen LogP contribution in [0.5, 0.6) is 0 Å². The molecule has 0 saturated carbocycles. The van der Waals surface area contributed by atoms with E-state index in [4.69, 9.17) is 11.6 Å². The van der Waals surface area contributed by atoms with Gasteiger partial charge in [0.05, 0.1) is 11.7 Å². The van der Waals surface area contributed by atoms with Crippen LogP contribution in [-0.2, 0) is 6.54 Å². The van der Waals surface area contributed by atoms with Crippen LogP contribution in [0.1, 0.15) is 30.9 Å². The summed E-state index contributed by atoms with van der Waals surface area (Å²) < 4.78 is 1.80. The van der Waals surface area contributed by atoms with Gasteiger partial charge in [0.1, 0.15) is 11.0 Å². The third-order valence-corrected chi connectivity index (χ3v) is 4.40. The topological polar surface area (TPSA) is 55.1 Å². The van der Waals surface area contributed by atoms with Crippen molar-refractivity contribution in [3.05, 3.63) is 65.1 Å². The summed E-state index contributed by atoms with van der Waals surface area (Å²) in [7, 11) is 0. The Labute approximate surface area is 150 Å². The van der Waals surface area contributed by atoms with E-state index >= 15 is 0 Å². The SMILES string of the molecule is CC(C)c1cnn2c(NCc3cnc4ccccc4c3)cc(Cl)nc12. The molecule has 4 rings (SSSR count). The molecule has 0 unspecified atom stereocenters. The number of nitrogens with one attached hydrogen (secondary N) is 1. The predicted octanol–water partition coefficient (Wildman–Crippen LogP) is 4.67. The molecule has 25 heavy (non-hydrogen) atoms. The van der Waals surface area contributed by atoms with Crippen LogP contribution >= 0.6 is 11.6 Å². The normalized spacial score (nSPS) is 11.5. The molecule has 3 heterocycles. The van der Waals surface area contributed by atoms with Crippen LogP contribution < -0.4 is 5.32 Å². The molecule has 0 fully saturated rings. The summed E-state index contributed by atoms with van der Waals surface area (Å²) in [6.07, 6.45) is 3.74. The number of fused-ring (bicyclic) bond motifs is 2. The number of benzene rings is 1. The van der Waals surface area contributed by atoms with Gasteiger partial charge in [0, 0.05) is 29.8 Å². The molecule has 0 aliphatic carbocycles. The highest BCUT2D eigenvalue weighted by Crippen LogP contribution is 2.24. The molecule has 0 saturated heterocycles. The third kappa shape index (κ3) is 3.03. The number of para-hydroxylation sites is 1. The van der Waals surface area contributed by atoms with Crippen LogP contribution in [0.4, 0.5) is 5.82 Å². The van der Waals surface area contributed by atoms with E-state index in [-0.39, 0.29) is 0 Å². The van der Waals surface area contributed by atoms with Crippen LogP contribution in [0.2, 0.25) is 5.15 Å². The van der Waals surface area contributed by atoms with Gasteiger partial charge in [-0.3, -0.25) is 4.98 Å². The Morgan fingerprint density at radius 3 is 2.84 bits per heavy atom. The molecule has 126 valence electrons. The first-order chi connectivity index (χ1) is 12.1. The number of hydrogen-bond donors (Lipinski definition) is 1. The summed E-state index contributed by atoms with van der Waals surface area (Å²) in [5, 5.41) is 9.44. The first-order valence-electron chi connectivity index (χ1n) is 8.23. The van der Waals surface area contributed by atoms with Gasteiger partial charge in [-0.05, 0) is 23.6 Å². The lowest BCUT2D eigenvalue weighted by atomic mass is 10.1. The zero-order chi connectivity index (χ0) is 17.4. The van der Waals surface area contributed by atoms with Gasteiger partial charge in [-0.25, -0.2) is 4.98 Å². The smallest absolute Gasteiger partial charge is 0.162 e. The Kier molecular flexibility index (Phi) is 4.01. The van der Waals surface area contributed by atoms with Crippen LogP contribution in [0.15, 0.2) is 48.8 Å². The zero-order valence-electron chi connectivity index (χ0n) is 14.1. The summed E-state index contributed by atoms with van der Waals surface area (Å²) in [5.41, 5.74) is 3.96. The van der Waals surface area contributed by atoms with E-state index in [0.29, 0.717) is 17.6 Å². The van der Waals surface area contributed by atoms with Crippen LogP contribution in [0.3, 0.4) is 0 Å². The highest BCUT2D eigenvalue weighted by Gasteiger charge is 2.13. The van der Waals surface area contributed by atoms with E-state index < -0.39 is 0 Å². The van der Waals surface area contributed by atoms with Gasteiger partial charge >= 0.3 is 0 Å². The summed E-state index contributed by atoms with van der Waals surface area (Å²) in [5.74, 6) is 1.15. The monoisotopic (exact) mass is 351 g/mol. The molecule has 5 nitrogen and oxygen atoms in total. The van der Waals surface area contributed by atoms with Crippen molar-refractivity contribution in [1.82, 2.24) is 19.6 Å². The second-order valence-corrected chi connectivity index (χ2v) is 6.73. The van der Waals surface area contributed by atoms with Gasteiger partial charge in [0.15, 0.2) is 5.65 Å². The van der Waals surface area contributed by atoms with Crippen molar-refractivity contribution in [3.8, 4) is 0 Å². The quantitative estimate of drug-likeness (QED) is 0.543. The molecule has 0 amide bonds. The molecule has 6 heteroatoms. The minimum atomic E-state index is 0.334. The zero-order valence-corrected chi connectivity index (χ0v) is 14.8. The van der Waals surface area contributed by atoms with Crippen LogP contribution in [0.25, 0.3) is 16.6 Å². The Balaban J connectivity index is 1.65. The first-order valence-corrected chi connectivity index (χ1v) is 8.61. The number of aromatic nitrogens is 4. The first kappa shape index (κ1) is 15.8. The standard InChI is InChI=1S/C19H18ClN5/c1-12(2)15-11-23-25-18(8-17(20)24-19(15)25)22-10-13-7-14-5-3-4-6-16(14)21-9-13/h3-9,11-12,22H,10H2,1-2H3. The molecule has 4 aromatic rings. The second-order valence-electron chi connectivity index (χ2n) is 6.34. The molecule has 1 aromatic carbocycles. The van der Waals surface area contributed by atoms with Gasteiger partial charge < -0.3 is 5.32 Å². The van der Waals surface area contributed by atoms with E-state index in [9.17, 15) is 0 Å². The number of rotatable bonds is 4. The number of pyridine rings is 1. The fourth-order valence-electron chi connectivity index (χ4n) is 2.89. The summed E-state index contributed by atoms with van der Waals surface area (Å²) >= 11 is 6.21. The number of halogens is 1. The summed E-state index contributed by atoms with van der Waals surface area (Å²) in [6, 6.07) is 12.0. The third-order valence-electron chi connectivity index (χ3n) is 4.21. The van der Waals surface area contributed by atoms with Crippen molar-refractivity contribution in [2.24, 2.45) is 0 Å². The lowest BCUT2D eigenvalue weighted by Gasteiger charge is -2.10. The maximum atomic E-state index is 6.21. The number of nitrogens with zero attached hydrogens (tertiary/aromatic N) is 4. The lowest BCUT2D eigenvalue weighted by Crippen LogP contribution is -2.06. The molecule has 3 aromatic heterocycles. The van der Waals surface area contributed by atoms with E-state index in [1.807, 2.05) is 30.6 Å². The van der Waals surface area contributed by atoms with Crippen LogP contribution in [0, 0.1) is 0 Å². The van der Waals surface area contributed by atoms with Crippen molar-refractivity contribution < 1.29 is 0 Å². The minimum absolute atomic E-state index is 0.334. The molecule has 0 radical (unpaired) electrons. The molecule has 0 spiro atoms. The summed E-state index contributed by atoms with van der Waals surface area (Å²) in [6.45, 7) is 4.87. The fourth-order valence-corrected chi connectivity index (χ4v) is 3.07. The van der Waals surface area contributed by atoms with E-state index in [0.717, 1.165) is 33.5 Å². The molecule has 0 aliphatic heterocycles. The number of anilines is 1. The second kappa shape index (κ2) is 6.33. The largest absolute Gasteiger partial charge is 0.366 e. The molecule has 0 bridgehead atoms. The van der Waals surface area contributed by atoms with E-state index in [1.165, 1.54) is 0 Å². The maximum Gasteiger partial charge on any atom is 0.162 e. The van der Waals surface area contributed by atoms with E-state index in [1.54, 1.807) is 10.6 Å². The number of hydrogen-bond acceptors (Lipinski definition) is 4. The Morgan fingerprint density at radius 1 is 1.16 bits per heavy atom. The Morgan fingerprint density at radius 2 is 2.00 bits per heavy atom. The molecule has 1 N–H and O–H groups in total. The average Bonchev–Trinajstić information content (AvgIpc) is 3.03. The van der Waals surface area contributed by atoms with Crippen molar-refractivity contribution in [3.63, 3.8) is 0 Å². The average molecular weight is 352 g/mol. The highest BCUT2D eigenvalue weighted by atomic mass is 35.5. The fraction of sp³-hybridized carbons (Fsp3) is 0.211. The van der Waals surface area contributed by atoms with Crippen molar-refractivity contribution in [2.45, 2.75) is 26.3 Å². The lowest BCUT2D eigenvalue weighted by molar-refractivity contribution is 0.871. The van der Waals surface area contributed by atoms with Gasteiger partial charge in [-0.2, -0.15) is 9.61 Å². The molecular formula is C19H18ClN5. The summed E-state index contributed by atoms with van der Waals surface area (Å²) in [4.78, 5) is 8.93. The van der Waals surface area contributed by atoms with Gasteiger partial charge in [0.2, 0.25) is 0 Å². The maximum absolute atomic E-state index is 6.21. The molecule has 0 atom stereocenters.